The molecule has 2 heterocycles. The average molecular weight is 768 g/mol. The Labute approximate surface area is 335 Å². The van der Waals surface area contributed by atoms with Crippen LogP contribution in [0.25, 0.3) is 0 Å². The maximum atomic E-state index is 14.7. The Hall–Kier alpha value is -3.49. The number of hydrogen-bond donors (Lipinski definition) is 1. The Kier molecular flexibility index (Phi) is 13.4. The number of ether oxygens (including phenoxy) is 2. The summed E-state index contributed by atoms with van der Waals surface area (Å²) in [7, 11) is 0. The summed E-state index contributed by atoms with van der Waals surface area (Å²) in [6.45, 7) is 9.08. The number of benzene rings is 2. The standard InChI is InChI=1S/C48H66FN3O4/c1-33(2)45-44(47(54)50-37-19-11-6-12-20-37)43(34-17-9-5-10-18-34)46(35-25-27-36(49)28-26-35)51(45)30-29-40-31-41(56-48(3,4)55-40)32-42(53)52(38-21-13-7-14-22-38)39-23-15-8-16-24-39/h7-8,13-16,21-24,33-37,40-41H,5-6,9-12,17-20,25-32H2,1-4H3,(H,50,54)/t35?,36?,40-,41-/m1/s1. The largest absolute Gasteiger partial charge is 0.349 e. The fourth-order valence-electron chi connectivity index (χ4n) is 10.5. The van der Waals surface area contributed by atoms with E-state index >= 15 is 0 Å². The summed E-state index contributed by atoms with van der Waals surface area (Å²) in [4.78, 5) is 30.7. The number of carbonyl (C=O) groups is 2. The molecule has 2 aromatic carbocycles. The highest BCUT2D eigenvalue weighted by Gasteiger charge is 2.40. The first kappa shape index (κ1) is 40.7. The van der Waals surface area contributed by atoms with Gasteiger partial charge < -0.3 is 19.4 Å². The van der Waals surface area contributed by atoms with E-state index in [1.54, 1.807) is 4.90 Å². The highest BCUT2D eigenvalue weighted by Crippen LogP contribution is 2.47. The van der Waals surface area contributed by atoms with E-state index in [0.29, 0.717) is 31.7 Å². The van der Waals surface area contributed by atoms with E-state index in [2.05, 4.69) is 23.7 Å². The van der Waals surface area contributed by atoms with Crippen LogP contribution in [-0.2, 0) is 20.8 Å². The summed E-state index contributed by atoms with van der Waals surface area (Å²) in [6, 6.07) is 19.8. The van der Waals surface area contributed by atoms with E-state index in [-0.39, 0.29) is 48.3 Å². The van der Waals surface area contributed by atoms with Gasteiger partial charge >= 0.3 is 0 Å². The Balaban J connectivity index is 1.19. The molecule has 0 spiro atoms. The number of amides is 2. The number of carbonyl (C=O) groups excluding carboxylic acids is 2. The molecule has 3 aromatic rings. The first-order chi connectivity index (χ1) is 27.1. The van der Waals surface area contributed by atoms with Gasteiger partial charge in [-0.25, -0.2) is 4.39 Å². The van der Waals surface area contributed by atoms with Crippen LogP contribution in [0.3, 0.4) is 0 Å². The Morgan fingerprint density at radius 2 is 1.36 bits per heavy atom. The van der Waals surface area contributed by atoms with Crippen LogP contribution in [-0.4, -0.2) is 46.6 Å². The molecule has 7 rings (SSSR count). The maximum absolute atomic E-state index is 14.7. The van der Waals surface area contributed by atoms with Crippen LogP contribution < -0.4 is 10.2 Å². The van der Waals surface area contributed by atoms with E-state index in [0.717, 1.165) is 67.6 Å². The minimum Gasteiger partial charge on any atom is -0.349 e. The van der Waals surface area contributed by atoms with Crippen molar-refractivity contribution in [1.29, 1.82) is 0 Å². The van der Waals surface area contributed by atoms with Crippen molar-refractivity contribution in [2.24, 2.45) is 0 Å². The fourth-order valence-corrected chi connectivity index (χ4v) is 10.5. The molecule has 2 amide bonds. The molecule has 8 heteroatoms. The van der Waals surface area contributed by atoms with Crippen molar-refractivity contribution >= 4 is 23.2 Å². The monoisotopic (exact) mass is 768 g/mol. The lowest BCUT2D eigenvalue weighted by atomic mass is 9.77. The van der Waals surface area contributed by atoms with Crippen LogP contribution in [0.2, 0.25) is 0 Å². The molecular weight excluding hydrogens is 702 g/mol. The predicted octanol–water partition coefficient (Wildman–Crippen LogP) is 11.8. The third-order valence-electron chi connectivity index (χ3n) is 12.9. The van der Waals surface area contributed by atoms with Gasteiger partial charge in [0.05, 0.1) is 24.2 Å². The van der Waals surface area contributed by atoms with Crippen molar-refractivity contribution in [2.75, 3.05) is 4.90 Å². The second kappa shape index (κ2) is 18.4. The number of hydrogen-bond acceptors (Lipinski definition) is 4. The van der Waals surface area contributed by atoms with Crippen LogP contribution in [0, 0.1) is 0 Å². The smallest absolute Gasteiger partial charge is 0.253 e. The molecule has 3 saturated carbocycles. The van der Waals surface area contributed by atoms with E-state index in [1.807, 2.05) is 74.5 Å². The zero-order valence-electron chi connectivity index (χ0n) is 34.4. The molecule has 4 aliphatic rings. The van der Waals surface area contributed by atoms with Gasteiger partial charge in [-0.2, -0.15) is 0 Å². The highest BCUT2D eigenvalue weighted by molar-refractivity contribution is 6.00. The maximum Gasteiger partial charge on any atom is 0.253 e. The van der Waals surface area contributed by atoms with Crippen LogP contribution in [0.15, 0.2) is 60.7 Å². The molecule has 1 saturated heterocycles. The minimum atomic E-state index is -0.865. The van der Waals surface area contributed by atoms with Gasteiger partial charge in [-0.05, 0) is 119 Å². The second-order valence-electron chi connectivity index (χ2n) is 18.0. The molecule has 304 valence electrons. The van der Waals surface area contributed by atoms with Gasteiger partial charge in [0.15, 0.2) is 5.79 Å². The van der Waals surface area contributed by atoms with Crippen LogP contribution >= 0.6 is 0 Å². The second-order valence-corrected chi connectivity index (χ2v) is 18.0. The van der Waals surface area contributed by atoms with E-state index in [1.165, 1.54) is 49.8 Å². The van der Waals surface area contributed by atoms with E-state index < -0.39 is 12.0 Å². The number of aromatic nitrogens is 1. The van der Waals surface area contributed by atoms with Gasteiger partial charge in [0.25, 0.3) is 5.91 Å². The first-order valence-electron chi connectivity index (χ1n) is 22.1. The number of para-hydroxylation sites is 2. The number of nitrogens with one attached hydrogen (secondary N) is 1. The van der Waals surface area contributed by atoms with Gasteiger partial charge in [-0.3, -0.25) is 14.5 Å². The van der Waals surface area contributed by atoms with Crippen LogP contribution in [0.4, 0.5) is 15.8 Å². The van der Waals surface area contributed by atoms with E-state index in [4.69, 9.17) is 9.47 Å². The molecule has 56 heavy (non-hydrogen) atoms. The molecule has 1 aliphatic heterocycles. The quantitative estimate of drug-likeness (QED) is 0.199. The predicted molar refractivity (Wildman–Crippen MR) is 222 cm³/mol. The third-order valence-corrected chi connectivity index (χ3v) is 12.9. The normalized spacial score (nSPS) is 24.9. The molecule has 3 aliphatic carbocycles. The van der Waals surface area contributed by atoms with Crippen LogP contribution in [0.5, 0.6) is 0 Å². The molecular formula is C48H66FN3O4. The third kappa shape index (κ3) is 9.61. The first-order valence-corrected chi connectivity index (χ1v) is 22.1. The van der Waals surface area contributed by atoms with Gasteiger partial charge in [-0.15, -0.1) is 0 Å². The minimum absolute atomic E-state index is 0.0205. The Morgan fingerprint density at radius 3 is 1.95 bits per heavy atom. The number of rotatable bonds is 12. The topological polar surface area (TPSA) is 72.8 Å². The molecule has 0 bridgehead atoms. The number of halogens is 1. The Bertz CT molecular complexity index is 1700. The average Bonchev–Trinajstić information content (AvgIpc) is 3.54. The van der Waals surface area contributed by atoms with Gasteiger partial charge in [0.2, 0.25) is 5.91 Å². The molecule has 0 radical (unpaired) electrons. The summed E-state index contributed by atoms with van der Waals surface area (Å²) >= 11 is 0. The van der Waals surface area contributed by atoms with Gasteiger partial charge in [0.1, 0.15) is 6.17 Å². The lowest BCUT2D eigenvalue weighted by Crippen LogP contribution is -2.46. The molecule has 1 aromatic heterocycles. The van der Waals surface area contributed by atoms with Gasteiger partial charge in [-0.1, -0.05) is 88.8 Å². The van der Waals surface area contributed by atoms with Crippen molar-refractivity contribution in [2.45, 2.75) is 191 Å². The SMILES string of the molecule is CC(C)c1c(C(=O)NC2CCCCC2)c(C2CCCCC2)c(C2CCC(F)CC2)n1CC[C@@H]1C[C@H](CC(=O)N(c2ccccc2)c2ccccc2)OC(C)(C)O1. The van der Waals surface area contributed by atoms with Crippen molar-refractivity contribution in [3.8, 4) is 0 Å². The number of nitrogens with zero attached hydrogens (tertiary/aromatic N) is 2. The Morgan fingerprint density at radius 1 is 0.786 bits per heavy atom. The molecule has 2 atom stereocenters. The molecule has 4 fully saturated rings. The fraction of sp³-hybridized carbons (Fsp3) is 0.625. The lowest BCUT2D eigenvalue weighted by molar-refractivity contribution is -0.300. The molecule has 1 N–H and O–H groups in total. The highest BCUT2D eigenvalue weighted by atomic mass is 19.1. The van der Waals surface area contributed by atoms with Gasteiger partial charge in [0, 0.05) is 41.8 Å². The van der Waals surface area contributed by atoms with Crippen molar-refractivity contribution < 1.29 is 23.5 Å². The van der Waals surface area contributed by atoms with Crippen LogP contribution in [0.1, 0.15) is 182 Å². The summed E-state index contributed by atoms with van der Waals surface area (Å²) in [5.74, 6) is -0.0756. The summed E-state index contributed by atoms with van der Waals surface area (Å²) < 4.78 is 30.4. The number of alkyl halides is 1. The molecule has 0 unspecified atom stereocenters. The summed E-state index contributed by atoms with van der Waals surface area (Å²) in [5.41, 5.74) is 6.30. The lowest BCUT2D eigenvalue weighted by Gasteiger charge is -2.41. The molecule has 7 nitrogen and oxygen atoms in total. The summed E-state index contributed by atoms with van der Waals surface area (Å²) in [6.07, 6.45) is 14.6. The van der Waals surface area contributed by atoms with Crippen molar-refractivity contribution in [1.82, 2.24) is 9.88 Å². The van der Waals surface area contributed by atoms with Crippen molar-refractivity contribution in [3.05, 3.63) is 83.2 Å². The van der Waals surface area contributed by atoms with Crippen molar-refractivity contribution in [3.63, 3.8) is 0 Å². The summed E-state index contributed by atoms with van der Waals surface area (Å²) in [5, 5.41) is 3.54. The van der Waals surface area contributed by atoms with E-state index in [9.17, 15) is 14.0 Å². The zero-order chi connectivity index (χ0) is 39.2. The zero-order valence-corrected chi connectivity index (χ0v) is 34.4. The number of anilines is 2.